The van der Waals surface area contributed by atoms with E-state index in [1.807, 2.05) is 6.92 Å². The van der Waals surface area contributed by atoms with E-state index >= 15 is 0 Å². The molecule has 0 saturated heterocycles. The Kier molecular flexibility index (Phi) is 49.8. The number of allylic oxidation sites excluding steroid dienone is 8. The van der Waals surface area contributed by atoms with E-state index in [0.717, 1.165) is 187 Å². The van der Waals surface area contributed by atoms with Gasteiger partial charge in [-0.05, 0) is 161 Å². The zero-order valence-corrected chi connectivity index (χ0v) is 41.8. The first-order valence-electron chi connectivity index (χ1n) is 26.2. The summed E-state index contributed by atoms with van der Waals surface area (Å²) in [6.07, 6.45) is 43.0. The van der Waals surface area contributed by atoms with Crippen LogP contribution in [0.4, 0.5) is 0 Å². The fraction of sp³-hybridized carbons (Fsp3) is 0.815. The van der Waals surface area contributed by atoms with Crippen LogP contribution in [-0.4, -0.2) is 100 Å². The van der Waals surface area contributed by atoms with Gasteiger partial charge in [-0.1, -0.05) is 95.1 Å². The van der Waals surface area contributed by atoms with Crippen molar-refractivity contribution in [3.8, 4) is 0 Å². The fourth-order valence-corrected chi connectivity index (χ4v) is 7.00. The first kappa shape index (κ1) is 61.7. The van der Waals surface area contributed by atoms with Gasteiger partial charge in [0.05, 0.1) is 39.6 Å². The summed E-state index contributed by atoms with van der Waals surface area (Å²) in [5.74, 6) is -0.228. The molecule has 0 spiro atoms. The van der Waals surface area contributed by atoms with Gasteiger partial charge in [0.15, 0.2) is 12.6 Å². The Morgan fingerprint density at radius 1 is 0.438 bits per heavy atom. The third kappa shape index (κ3) is 46.2. The SMILES string of the molecule is C/C=C\CCCOC(CCCCC(=O)OCCCCCCN(CCCO)CCCCCCOC(=O)CCCCC(OCCC/C=C\CC)OCCC/C=C\CC)OCCC/C=C\CC. The standard InChI is InChI=1S/C54H99NO9/c1-5-9-13-19-33-48-62-53(61-47-30-16-12-8-4)39-26-24-37-51(57)59-45-31-22-17-28-41-55(43-36-44-56)42-29-18-23-32-46-60-52(58)38-25-27-40-54(63-49-34-20-14-10-6-2)64-50-35-21-15-11-7-3/h8-15,53-54,56H,5-7,16-50H2,1-4H3/b12-8-,13-9-,14-10-,15-11-. The van der Waals surface area contributed by atoms with Crippen molar-refractivity contribution in [1.82, 2.24) is 4.90 Å². The Balaban J connectivity index is 4.12. The Morgan fingerprint density at radius 2 is 0.812 bits per heavy atom. The quantitative estimate of drug-likeness (QED) is 0.0274. The Morgan fingerprint density at radius 3 is 1.19 bits per heavy atom. The van der Waals surface area contributed by atoms with Crippen molar-refractivity contribution in [2.45, 2.75) is 220 Å². The molecule has 0 heterocycles. The van der Waals surface area contributed by atoms with Gasteiger partial charge in [0.1, 0.15) is 0 Å². The number of carbonyl (C=O) groups is 2. The van der Waals surface area contributed by atoms with Gasteiger partial charge in [0.2, 0.25) is 0 Å². The van der Waals surface area contributed by atoms with Gasteiger partial charge in [0.25, 0.3) is 0 Å². The second-order valence-electron chi connectivity index (χ2n) is 16.8. The van der Waals surface area contributed by atoms with Crippen molar-refractivity contribution < 1.29 is 43.1 Å². The molecule has 10 heteroatoms. The maximum absolute atomic E-state index is 12.4. The fourth-order valence-electron chi connectivity index (χ4n) is 7.00. The average Bonchev–Trinajstić information content (AvgIpc) is 3.30. The molecule has 10 nitrogen and oxygen atoms in total. The molecule has 1 unspecified atom stereocenters. The molecule has 0 rings (SSSR count). The van der Waals surface area contributed by atoms with Crippen LogP contribution in [0.2, 0.25) is 0 Å². The molecule has 0 radical (unpaired) electrons. The number of carbonyl (C=O) groups excluding carboxylic acids is 2. The van der Waals surface area contributed by atoms with Crippen molar-refractivity contribution in [3.05, 3.63) is 48.6 Å². The largest absolute Gasteiger partial charge is 0.466 e. The van der Waals surface area contributed by atoms with Gasteiger partial charge < -0.3 is 38.4 Å². The second kappa shape index (κ2) is 51.6. The van der Waals surface area contributed by atoms with Crippen molar-refractivity contribution in [3.63, 3.8) is 0 Å². The summed E-state index contributed by atoms with van der Waals surface area (Å²) in [5.41, 5.74) is 0. The highest BCUT2D eigenvalue weighted by Gasteiger charge is 2.13. The molecular weight excluding hydrogens is 807 g/mol. The van der Waals surface area contributed by atoms with E-state index in [1.54, 1.807) is 0 Å². The molecule has 0 saturated carbocycles. The van der Waals surface area contributed by atoms with Crippen molar-refractivity contribution in [2.24, 2.45) is 0 Å². The van der Waals surface area contributed by atoms with E-state index in [0.29, 0.717) is 52.5 Å². The summed E-state index contributed by atoms with van der Waals surface area (Å²) in [6, 6.07) is 0. The molecule has 0 amide bonds. The highest BCUT2D eigenvalue weighted by atomic mass is 16.7. The monoisotopic (exact) mass is 906 g/mol. The molecule has 1 atom stereocenters. The number of aliphatic hydroxyl groups is 1. The van der Waals surface area contributed by atoms with Crippen LogP contribution < -0.4 is 0 Å². The van der Waals surface area contributed by atoms with Crippen molar-refractivity contribution in [2.75, 3.05) is 65.9 Å². The third-order valence-electron chi connectivity index (χ3n) is 10.8. The third-order valence-corrected chi connectivity index (χ3v) is 10.8. The summed E-state index contributed by atoms with van der Waals surface area (Å²) in [7, 11) is 0. The molecule has 0 aromatic carbocycles. The van der Waals surface area contributed by atoms with Crippen LogP contribution in [0, 0.1) is 0 Å². The number of nitrogens with zero attached hydrogens (tertiary/aromatic N) is 1. The Hall–Kier alpha value is -2.34. The zero-order valence-electron chi connectivity index (χ0n) is 41.8. The van der Waals surface area contributed by atoms with Gasteiger partial charge >= 0.3 is 11.9 Å². The molecule has 1 N–H and O–H groups in total. The van der Waals surface area contributed by atoms with Crippen LogP contribution in [0.15, 0.2) is 48.6 Å². The minimum atomic E-state index is -0.214. The van der Waals surface area contributed by atoms with Crippen LogP contribution in [0.5, 0.6) is 0 Å². The normalized spacial score (nSPS) is 12.7. The molecule has 0 aliphatic carbocycles. The predicted molar refractivity (Wildman–Crippen MR) is 265 cm³/mol. The smallest absolute Gasteiger partial charge is 0.305 e. The minimum Gasteiger partial charge on any atom is -0.466 e. The lowest BCUT2D eigenvalue weighted by atomic mass is 10.1. The molecule has 0 aromatic rings. The number of ether oxygens (including phenoxy) is 6. The highest BCUT2D eigenvalue weighted by molar-refractivity contribution is 5.69. The summed E-state index contributed by atoms with van der Waals surface area (Å²) in [6.45, 7) is 15.3. The lowest BCUT2D eigenvalue weighted by molar-refractivity contribution is -0.149. The van der Waals surface area contributed by atoms with Gasteiger partial charge in [-0.25, -0.2) is 0 Å². The minimum absolute atomic E-state index is 0.114. The van der Waals surface area contributed by atoms with Crippen LogP contribution in [0.3, 0.4) is 0 Å². The number of rotatable bonds is 50. The maximum atomic E-state index is 12.4. The summed E-state index contributed by atoms with van der Waals surface area (Å²) in [5, 5.41) is 9.43. The van der Waals surface area contributed by atoms with Crippen LogP contribution >= 0.6 is 0 Å². The van der Waals surface area contributed by atoms with Gasteiger partial charge in [0, 0.05) is 26.0 Å². The number of unbranched alkanes of at least 4 members (excludes halogenated alkanes) is 12. The molecule has 0 aliphatic heterocycles. The molecular formula is C54H99NO9. The van der Waals surface area contributed by atoms with E-state index in [1.165, 1.54) is 0 Å². The number of hydrogen-bond donors (Lipinski definition) is 1. The maximum Gasteiger partial charge on any atom is 0.305 e. The molecule has 0 aromatic heterocycles. The lowest BCUT2D eigenvalue weighted by Crippen LogP contribution is -2.28. The number of hydrogen-bond acceptors (Lipinski definition) is 10. The van der Waals surface area contributed by atoms with E-state index in [-0.39, 0.29) is 31.1 Å². The summed E-state index contributed by atoms with van der Waals surface area (Å²) in [4.78, 5) is 27.2. The van der Waals surface area contributed by atoms with E-state index in [4.69, 9.17) is 28.4 Å². The second-order valence-corrected chi connectivity index (χ2v) is 16.8. The van der Waals surface area contributed by atoms with Crippen LogP contribution in [-0.2, 0) is 38.0 Å². The Bertz CT molecular complexity index is 1090. The average molecular weight is 906 g/mol. The van der Waals surface area contributed by atoms with Crippen molar-refractivity contribution >= 4 is 11.9 Å². The van der Waals surface area contributed by atoms with E-state index in [2.05, 4.69) is 74.3 Å². The van der Waals surface area contributed by atoms with E-state index in [9.17, 15) is 14.7 Å². The highest BCUT2D eigenvalue weighted by Crippen LogP contribution is 2.14. The molecule has 0 aliphatic rings. The molecule has 374 valence electrons. The number of aliphatic hydroxyl groups excluding tert-OH is 1. The summed E-state index contributed by atoms with van der Waals surface area (Å²) < 4.78 is 35.3. The van der Waals surface area contributed by atoms with E-state index < -0.39 is 0 Å². The number of esters is 2. The first-order chi connectivity index (χ1) is 31.5. The first-order valence-corrected chi connectivity index (χ1v) is 26.2. The molecule has 0 bridgehead atoms. The van der Waals surface area contributed by atoms with Gasteiger partial charge in [-0.3, -0.25) is 9.59 Å². The lowest BCUT2D eigenvalue weighted by Gasteiger charge is -2.22. The van der Waals surface area contributed by atoms with Crippen LogP contribution in [0.25, 0.3) is 0 Å². The summed E-state index contributed by atoms with van der Waals surface area (Å²) >= 11 is 0. The van der Waals surface area contributed by atoms with Gasteiger partial charge in [-0.2, -0.15) is 0 Å². The zero-order chi connectivity index (χ0) is 46.7. The Labute approximate surface area is 393 Å². The van der Waals surface area contributed by atoms with Crippen LogP contribution in [0.1, 0.15) is 207 Å². The van der Waals surface area contributed by atoms with Gasteiger partial charge in [-0.15, -0.1) is 0 Å². The topological polar surface area (TPSA) is 113 Å². The molecule has 0 fully saturated rings. The predicted octanol–water partition coefficient (Wildman–Crippen LogP) is 13.3. The van der Waals surface area contributed by atoms with Crippen molar-refractivity contribution in [1.29, 1.82) is 0 Å². The molecule has 64 heavy (non-hydrogen) atoms.